The van der Waals surface area contributed by atoms with Gasteiger partial charge in [-0.15, -0.1) is 0 Å². The highest BCUT2D eigenvalue weighted by Gasteiger charge is 2.22. The highest BCUT2D eigenvalue weighted by atomic mass is 16.3. The molecule has 6 heteroatoms. The summed E-state index contributed by atoms with van der Waals surface area (Å²) in [6, 6.07) is 11.1. The van der Waals surface area contributed by atoms with Crippen LogP contribution < -0.4 is 0 Å². The van der Waals surface area contributed by atoms with E-state index in [4.69, 9.17) is 38.9 Å². The van der Waals surface area contributed by atoms with Crippen molar-refractivity contribution >= 4 is 65.7 Å². The molecule has 0 aliphatic rings. The summed E-state index contributed by atoms with van der Waals surface area (Å²) in [7, 11) is 0. The Labute approximate surface area is 311 Å². The third kappa shape index (κ3) is 4.20. The predicted molar refractivity (Wildman–Crippen MR) is 205 cm³/mol. The van der Waals surface area contributed by atoms with Crippen molar-refractivity contribution in [2.24, 2.45) is 0 Å². The van der Waals surface area contributed by atoms with Crippen LogP contribution in [0.5, 0.6) is 0 Å². The van der Waals surface area contributed by atoms with Crippen molar-refractivity contribution in [3.05, 3.63) is 157 Å². The van der Waals surface area contributed by atoms with Crippen LogP contribution in [0.15, 0.2) is 166 Å². The SMILES string of the molecule is [2H]c1c([2H])c([2H])c(-c2cccc3oc4cc(-c5nc(-c6ccccc6)nc(-n6c7c([2H])c([2H])c([2H])c([2H])c7c7c8oc9c([2H])c([2H])c([2H])c([2H])c9c8c([2H])c([2H])c76)n5)ccc4c23)c([2H])c1[2H]. The molecular formula is C45H26N4O2. The van der Waals surface area contributed by atoms with E-state index in [-0.39, 0.29) is 79.0 Å². The first-order valence-electron chi connectivity index (χ1n) is 23.2. The number of aromatic nitrogens is 4. The predicted octanol–water partition coefficient (Wildman–Crippen LogP) is 11.8. The maximum atomic E-state index is 9.50. The topological polar surface area (TPSA) is 69.9 Å². The number of hydrogen-bond donors (Lipinski definition) is 0. The standard InChI is InChI=1S/C45H26N4O2/c1-3-12-27(13-4-1)30-18-11-21-38-40(30)34-23-22-29(26-39(34)50-38)44-46-43(28-14-5-2-6-15-28)47-45(48-44)49-35-19-9-7-17-33(35)41-36(49)25-24-32-31-16-8-10-20-37(31)51-42(32)41/h1-26H/i1D,3D,4D,7D,8D,9D,10D,12D,13D,16D,17D,19D,20D,24D,25D. The zero-order valence-corrected chi connectivity index (χ0v) is 26.0. The Morgan fingerprint density at radius 1 is 0.471 bits per heavy atom. The third-order valence-corrected chi connectivity index (χ3v) is 8.85. The molecule has 0 fully saturated rings. The number of para-hydroxylation sites is 2. The minimum absolute atomic E-state index is 0.00390. The second kappa shape index (κ2) is 10.7. The van der Waals surface area contributed by atoms with Crippen LogP contribution in [0, 0.1) is 0 Å². The zero-order valence-electron chi connectivity index (χ0n) is 41.0. The molecule has 0 radical (unpaired) electrons. The van der Waals surface area contributed by atoms with Crippen LogP contribution in [0.3, 0.4) is 0 Å². The van der Waals surface area contributed by atoms with Gasteiger partial charge in [-0.3, -0.25) is 4.57 Å². The molecule has 6 nitrogen and oxygen atoms in total. The summed E-state index contributed by atoms with van der Waals surface area (Å²) in [6.45, 7) is 0. The first-order chi connectivity index (χ1) is 31.5. The lowest BCUT2D eigenvalue weighted by molar-refractivity contribution is 0.669. The van der Waals surface area contributed by atoms with Crippen molar-refractivity contribution in [1.82, 2.24) is 19.5 Å². The lowest BCUT2D eigenvalue weighted by atomic mass is 9.99. The van der Waals surface area contributed by atoms with Gasteiger partial charge in [0, 0.05) is 38.1 Å². The molecule has 11 aromatic rings. The molecular weight excluding hydrogens is 629 g/mol. The van der Waals surface area contributed by atoms with E-state index in [1.165, 1.54) is 4.57 Å². The molecule has 0 N–H and O–H groups in total. The number of fused-ring (bicyclic) bond motifs is 10. The molecule has 4 heterocycles. The summed E-state index contributed by atoms with van der Waals surface area (Å²) in [5, 5.41) is 0.543. The molecule has 0 spiro atoms. The van der Waals surface area contributed by atoms with E-state index in [0.29, 0.717) is 38.6 Å². The highest BCUT2D eigenvalue weighted by Crippen LogP contribution is 2.41. The normalized spacial score (nSPS) is 16.0. The Bertz CT molecular complexity index is 3990. The fourth-order valence-electron chi connectivity index (χ4n) is 6.64. The second-order valence-corrected chi connectivity index (χ2v) is 11.7. The first kappa shape index (κ1) is 17.1. The number of hydrogen-bond acceptors (Lipinski definition) is 5. The molecule has 0 bridgehead atoms. The van der Waals surface area contributed by atoms with Gasteiger partial charge in [0.15, 0.2) is 11.6 Å². The van der Waals surface area contributed by atoms with Crippen molar-refractivity contribution in [3.63, 3.8) is 0 Å². The van der Waals surface area contributed by atoms with Crippen LogP contribution in [0.1, 0.15) is 20.6 Å². The van der Waals surface area contributed by atoms with Gasteiger partial charge in [0.25, 0.3) is 0 Å². The monoisotopic (exact) mass is 669 g/mol. The molecule has 0 amide bonds. The molecule has 0 saturated carbocycles. The molecule has 238 valence electrons. The van der Waals surface area contributed by atoms with Crippen LogP contribution >= 0.6 is 0 Å². The van der Waals surface area contributed by atoms with Crippen molar-refractivity contribution in [3.8, 4) is 39.9 Å². The summed E-state index contributed by atoms with van der Waals surface area (Å²) >= 11 is 0. The summed E-state index contributed by atoms with van der Waals surface area (Å²) in [6.07, 6.45) is 0. The number of rotatable bonds is 4. The molecule has 11 rings (SSSR count). The number of benzene rings is 7. The van der Waals surface area contributed by atoms with E-state index >= 15 is 0 Å². The van der Waals surface area contributed by atoms with Gasteiger partial charge in [0.1, 0.15) is 22.3 Å². The maximum absolute atomic E-state index is 9.50. The van der Waals surface area contributed by atoms with Gasteiger partial charge in [0.05, 0.1) is 37.0 Å². The van der Waals surface area contributed by atoms with Crippen molar-refractivity contribution < 1.29 is 29.4 Å². The number of furan rings is 2. The molecule has 0 aliphatic carbocycles. The first-order valence-corrected chi connectivity index (χ1v) is 15.7. The summed E-state index contributed by atoms with van der Waals surface area (Å²) in [5.74, 6) is -0.0515. The second-order valence-electron chi connectivity index (χ2n) is 11.7. The number of nitrogens with zero attached hydrogens (tertiary/aromatic N) is 4. The molecule has 7 aromatic carbocycles. The van der Waals surface area contributed by atoms with E-state index in [0.717, 1.165) is 0 Å². The van der Waals surface area contributed by atoms with E-state index in [1.807, 2.05) is 0 Å². The summed E-state index contributed by atoms with van der Waals surface area (Å²) < 4.78 is 144. The minimum atomic E-state index is -0.620. The van der Waals surface area contributed by atoms with Crippen LogP contribution in [0.2, 0.25) is 0 Å². The summed E-state index contributed by atoms with van der Waals surface area (Å²) in [5.41, 5.74) is 1.12. The van der Waals surface area contributed by atoms with Crippen LogP contribution in [-0.2, 0) is 0 Å². The van der Waals surface area contributed by atoms with E-state index in [9.17, 15) is 5.48 Å². The van der Waals surface area contributed by atoms with Gasteiger partial charge >= 0.3 is 0 Å². The summed E-state index contributed by atoms with van der Waals surface area (Å²) in [4.78, 5) is 14.5. The average molecular weight is 670 g/mol. The minimum Gasteiger partial charge on any atom is -0.456 e. The Balaban J connectivity index is 1.23. The Kier molecular flexibility index (Phi) is 3.59. The van der Waals surface area contributed by atoms with Crippen LogP contribution in [-0.4, -0.2) is 19.5 Å². The van der Waals surface area contributed by atoms with Crippen molar-refractivity contribution in [2.45, 2.75) is 0 Å². The third-order valence-electron chi connectivity index (χ3n) is 8.85. The fraction of sp³-hybridized carbons (Fsp3) is 0. The molecule has 51 heavy (non-hydrogen) atoms. The fourth-order valence-corrected chi connectivity index (χ4v) is 6.64. The van der Waals surface area contributed by atoms with E-state index in [2.05, 4.69) is 0 Å². The van der Waals surface area contributed by atoms with Crippen molar-refractivity contribution in [1.29, 1.82) is 0 Å². The lowest BCUT2D eigenvalue weighted by Crippen LogP contribution is -2.06. The maximum Gasteiger partial charge on any atom is 0.238 e. The lowest BCUT2D eigenvalue weighted by Gasteiger charge is -2.11. The van der Waals surface area contributed by atoms with Gasteiger partial charge in [-0.25, -0.2) is 4.98 Å². The molecule has 0 unspecified atom stereocenters. The van der Waals surface area contributed by atoms with Gasteiger partial charge in [-0.2, -0.15) is 9.97 Å². The van der Waals surface area contributed by atoms with Gasteiger partial charge < -0.3 is 8.83 Å². The van der Waals surface area contributed by atoms with Crippen molar-refractivity contribution in [2.75, 3.05) is 0 Å². The molecule has 0 saturated heterocycles. The average Bonchev–Trinajstić information content (AvgIpc) is 4.03. The Morgan fingerprint density at radius 2 is 1.25 bits per heavy atom. The van der Waals surface area contributed by atoms with E-state index < -0.39 is 78.6 Å². The quantitative estimate of drug-likeness (QED) is 0.186. The molecule has 4 aromatic heterocycles. The van der Waals surface area contributed by atoms with Gasteiger partial charge in [-0.1, -0.05) is 115 Å². The molecule has 0 aliphatic heterocycles. The van der Waals surface area contributed by atoms with Crippen LogP contribution in [0.25, 0.3) is 106 Å². The van der Waals surface area contributed by atoms with E-state index in [1.54, 1.807) is 66.7 Å². The smallest absolute Gasteiger partial charge is 0.238 e. The van der Waals surface area contributed by atoms with Gasteiger partial charge in [-0.05, 0) is 53.5 Å². The van der Waals surface area contributed by atoms with Gasteiger partial charge in [0.2, 0.25) is 5.95 Å². The molecule has 0 atom stereocenters. The Morgan fingerprint density at radius 3 is 2.14 bits per heavy atom. The largest absolute Gasteiger partial charge is 0.456 e. The Hall–Kier alpha value is -7.05. The zero-order chi connectivity index (χ0) is 46.5. The van der Waals surface area contributed by atoms with Crippen LogP contribution in [0.4, 0.5) is 0 Å². The highest BCUT2D eigenvalue weighted by molar-refractivity contribution is 6.23.